The summed E-state index contributed by atoms with van der Waals surface area (Å²) < 4.78 is 14.8. The Balaban J connectivity index is 2.32. The zero-order chi connectivity index (χ0) is 14.9. The molecule has 1 aromatic carbocycles. The molecule has 1 heterocycles. The smallest absolute Gasteiger partial charge is 0.255 e. The van der Waals surface area contributed by atoms with E-state index in [1.165, 1.54) is 29.0 Å². The first kappa shape index (κ1) is 14.7. The number of aromatic nitrogens is 1. The van der Waals surface area contributed by atoms with E-state index < -0.39 is 11.7 Å². The number of hydrogen-bond acceptors (Lipinski definition) is 2. The van der Waals surface area contributed by atoms with Gasteiger partial charge < -0.3 is 9.88 Å². The molecule has 2 rings (SSSR count). The molecule has 0 spiro atoms. The highest BCUT2D eigenvalue weighted by molar-refractivity contribution is 9.10. The van der Waals surface area contributed by atoms with Gasteiger partial charge in [0.2, 0.25) is 0 Å². The first-order valence-corrected chi connectivity index (χ1v) is 6.68. The van der Waals surface area contributed by atoms with Gasteiger partial charge in [0.05, 0.1) is 10.7 Å². The Hall–Kier alpha value is -1.66. The number of nitrogens with one attached hydrogen (secondary N) is 1. The van der Waals surface area contributed by atoms with Gasteiger partial charge in [-0.25, -0.2) is 4.39 Å². The van der Waals surface area contributed by atoms with E-state index in [2.05, 4.69) is 21.2 Å². The largest absolute Gasteiger partial charge is 0.320 e. The monoisotopic (exact) mass is 358 g/mol. The van der Waals surface area contributed by atoms with Crippen LogP contribution in [0.4, 0.5) is 10.1 Å². The Morgan fingerprint density at radius 1 is 1.40 bits per heavy atom. The fourth-order valence-electron chi connectivity index (χ4n) is 1.54. The van der Waals surface area contributed by atoms with Crippen molar-refractivity contribution in [2.45, 2.75) is 0 Å². The zero-order valence-corrected chi connectivity index (χ0v) is 12.6. The molecule has 4 nitrogen and oxygen atoms in total. The molecule has 2 aromatic rings. The Labute approximate surface area is 127 Å². The van der Waals surface area contributed by atoms with Crippen molar-refractivity contribution in [2.24, 2.45) is 7.05 Å². The number of halogens is 3. The van der Waals surface area contributed by atoms with Crippen LogP contribution in [0.2, 0.25) is 5.02 Å². The quantitative estimate of drug-likeness (QED) is 0.895. The molecule has 7 heteroatoms. The van der Waals surface area contributed by atoms with Crippen molar-refractivity contribution in [3.8, 4) is 0 Å². The van der Waals surface area contributed by atoms with E-state index in [1.807, 2.05) is 0 Å². The second-order valence-electron chi connectivity index (χ2n) is 4.06. The van der Waals surface area contributed by atoms with Crippen molar-refractivity contribution in [3.63, 3.8) is 0 Å². The maximum absolute atomic E-state index is 13.1. The lowest BCUT2D eigenvalue weighted by Crippen LogP contribution is -2.20. The number of aryl methyl sites for hydroxylation is 1. The van der Waals surface area contributed by atoms with Crippen LogP contribution in [-0.2, 0) is 7.05 Å². The molecule has 104 valence electrons. The highest BCUT2D eigenvalue weighted by Gasteiger charge is 2.13. The maximum atomic E-state index is 13.1. The standard InChI is InChI=1S/C13H9BrClFN2O2/c1-18-3-2-7(4-11(18)19)13(20)17-12-9(14)5-8(16)6-10(12)15/h2-6H,1H3,(H,17,20). The van der Waals surface area contributed by atoms with Crippen molar-refractivity contribution in [2.75, 3.05) is 5.32 Å². The Morgan fingerprint density at radius 3 is 2.70 bits per heavy atom. The molecule has 0 unspecified atom stereocenters. The van der Waals surface area contributed by atoms with Gasteiger partial charge in [-0.05, 0) is 34.1 Å². The van der Waals surface area contributed by atoms with E-state index in [9.17, 15) is 14.0 Å². The van der Waals surface area contributed by atoms with E-state index in [0.29, 0.717) is 4.47 Å². The molecule has 0 aliphatic rings. The Kier molecular flexibility index (Phi) is 4.25. The second-order valence-corrected chi connectivity index (χ2v) is 5.32. The van der Waals surface area contributed by atoms with Crippen LogP contribution in [0.15, 0.2) is 39.7 Å². The lowest BCUT2D eigenvalue weighted by Gasteiger charge is -2.10. The van der Waals surface area contributed by atoms with Gasteiger partial charge in [0.1, 0.15) is 5.82 Å². The highest BCUT2D eigenvalue weighted by atomic mass is 79.9. The van der Waals surface area contributed by atoms with E-state index in [4.69, 9.17) is 11.6 Å². The molecule has 20 heavy (non-hydrogen) atoms. The van der Waals surface area contributed by atoms with Gasteiger partial charge in [-0.3, -0.25) is 9.59 Å². The molecule has 1 N–H and O–H groups in total. The minimum atomic E-state index is -0.520. The van der Waals surface area contributed by atoms with E-state index in [0.717, 1.165) is 6.07 Å². The fraction of sp³-hybridized carbons (Fsp3) is 0.0769. The Morgan fingerprint density at radius 2 is 2.10 bits per heavy atom. The average Bonchev–Trinajstić information content (AvgIpc) is 2.36. The molecule has 0 fully saturated rings. The van der Waals surface area contributed by atoms with Crippen molar-refractivity contribution in [3.05, 3.63) is 61.7 Å². The molecule has 0 bridgehead atoms. The van der Waals surface area contributed by atoms with Crippen LogP contribution in [0, 0.1) is 5.82 Å². The van der Waals surface area contributed by atoms with Crippen molar-refractivity contribution >= 4 is 39.1 Å². The number of anilines is 1. The molecule has 0 aliphatic carbocycles. The molecule has 1 aromatic heterocycles. The summed E-state index contributed by atoms with van der Waals surface area (Å²) in [6, 6.07) is 4.99. The molecule has 0 aliphatic heterocycles. The lowest BCUT2D eigenvalue weighted by atomic mass is 10.2. The maximum Gasteiger partial charge on any atom is 0.255 e. The highest BCUT2D eigenvalue weighted by Crippen LogP contribution is 2.31. The van der Waals surface area contributed by atoms with Crippen molar-refractivity contribution in [1.29, 1.82) is 0 Å². The predicted molar refractivity (Wildman–Crippen MR) is 78.7 cm³/mol. The molecule has 0 saturated carbocycles. The van der Waals surface area contributed by atoms with Crippen LogP contribution in [0.3, 0.4) is 0 Å². The van der Waals surface area contributed by atoms with Crippen LogP contribution in [0.5, 0.6) is 0 Å². The van der Waals surface area contributed by atoms with Gasteiger partial charge in [-0.2, -0.15) is 0 Å². The van der Waals surface area contributed by atoms with Crippen molar-refractivity contribution in [1.82, 2.24) is 4.57 Å². The summed E-state index contributed by atoms with van der Waals surface area (Å²) in [7, 11) is 1.58. The number of carbonyl (C=O) groups excluding carboxylic acids is 1. The summed E-state index contributed by atoms with van der Waals surface area (Å²) in [4.78, 5) is 23.5. The summed E-state index contributed by atoms with van der Waals surface area (Å²) in [6.45, 7) is 0. The zero-order valence-electron chi connectivity index (χ0n) is 10.3. The third-order valence-corrected chi connectivity index (χ3v) is 3.54. The van der Waals surface area contributed by atoms with Gasteiger partial charge in [0, 0.05) is 29.3 Å². The minimum Gasteiger partial charge on any atom is -0.320 e. The lowest BCUT2D eigenvalue weighted by molar-refractivity contribution is 0.102. The third kappa shape index (κ3) is 3.08. The van der Waals surface area contributed by atoms with E-state index >= 15 is 0 Å². The van der Waals surface area contributed by atoms with Crippen molar-refractivity contribution < 1.29 is 9.18 Å². The number of rotatable bonds is 2. The normalized spacial score (nSPS) is 10.4. The number of carbonyl (C=O) groups is 1. The predicted octanol–water partition coefficient (Wildman–Crippen LogP) is 3.19. The first-order valence-electron chi connectivity index (χ1n) is 5.51. The number of benzene rings is 1. The molecule has 1 amide bonds. The van der Waals surface area contributed by atoms with Crippen LogP contribution in [0.25, 0.3) is 0 Å². The van der Waals surface area contributed by atoms with Crippen LogP contribution in [-0.4, -0.2) is 10.5 Å². The van der Waals surface area contributed by atoms with Crippen LogP contribution >= 0.6 is 27.5 Å². The topological polar surface area (TPSA) is 51.1 Å². The first-order chi connectivity index (χ1) is 9.38. The summed E-state index contributed by atoms with van der Waals surface area (Å²) in [5.41, 5.74) is 0.140. The summed E-state index contributed by atoms with van der Waals surface area (Å²) >= 11 is 8.99. The molecule has 0 saturated heterocycles. The van der Waals surface area contributed by atoms with E-state index in [-0.39, 0.29) is 21.8 Å². The minimum absolute atomic E-state index is 0.0639. The third-order valence-electron chi connectivity index (χ3n) is 2.61. The van der Waals surface area contributed by atoms with Gasteiger partial charge >= 0.3 is 0 Å². The average molecular weight is 360 g/mol. The number of hydrogen-bond donors (Lipinski definition) is 1. The van der Waals surface area contributed by atoms with Gasteiger partial charge in [0.15, 0.2) is 0 Å². The van der Waals surface area contributed by atoms with Crippen LogP contribution in [0.1, 0.15) is 10.4 Å². The van der Waals surface area contributed by atoms with Gasteiger partial charge in [0.25, 0.3) is 11.5 Å². The van der Waals surface area contributed by atoms with Gasteiger partial charge in [-0.1, -0.05) is 11.6 Å². The second kappa shape index (κ2) is 5.76. The molecular formula is C13H9BrClFN2O2. The number of nitrogens with zero attached hydrogens (tertiary/aromatic N) is 1. The summed E-state index contributed by atoms with van der Waals surface area (Å²) in [5, 5.41) is 2.60. The number of pyridine rings is 1. The van der Waals surface area contributed by atoms with Gasteiger partial charge in [-0.15, -0.1) is 0 Å². The molecular weight excluding hydrogens is 351 g/mol. The Bertz CT molecular complexity index is 722. The summed E-state index contributed by atoms with van der Waals surface area (Å²) in [6.07, 6.45) is 1.48. The molecule has 0 atom stereocenters. The van der Waals surface area contributed by atoms with Crippen LogP contribution < -0.4 is 10.9 Å². The summed E-state index contributed by atoms with van der Waals surface area (Å²) in [5.74, 6) is -1.02. The fourth-order valence-corrected chi connectivity index (χ4v) is 2.44. The molecule has 0 radical (unpaired) electrons. The van der Waals surface area contributed by atoms with E-state index in [1.54, 1.807) is 7.05 Å². The SMILES string of the molecule is Cn1ccc(C(=O)Nc2c(Cl)cc(F)cc2Br)cc1=O. The number of amides is 1.